The van der Waals surface area contributed by atoms with Crippen molar-refractivity contribution in [3.8, 4) is 0 Å². The topological polar surface area (TPSA) is 24.9 Å². The van der Waals surface area contributed by atoms with Crippen LogP contribution in [0.25, 0.3) is 10.8 Å². The third kappa shape index (κ3) is 3.54. The first kappa shape index (κ1) is 14.0. The van der Waals surface area contributed by atoms with Crippen LogP contribution >= 0.6 is 0 Å². The van der Waals surface area contributed by atoms with E-state index >= 15 is 0 Å². The molecule has 0 radical (unpaired) electrons. The van der Waals surface area contributed by atoms with E-state index in [1.54, 1.807) is 0 Å². The molecule has 1 unspecified atom stereocenters. The summed E-state index contributed by atoms with van der Waals surface area (Å²) in [4.78, 5) is 4.15. The summed E-state index contributed by atoms with van der Waals surface area (Å²) < 4.78 is 0. The summed E-state index contributed by atoms with van der Waals surface area (Å²) in [6, 6.07) is 9.24. The molecule has 0 aliphatic heterocycles. The van der Waals surface area contributed by atoms with E-state index < -0.39 is 0 Å². The molecule has 2 aromatic rings. The van der Waals surface area contributed by atoms with Gasteiger partial charge in [0, 0.05) is 30.4 Å². The number of hydrogen-bond acceptors (Lipinski definition) is 2. The standard InChI is InChI=1S/C17H24N2/c1-4-15(5-2)13(3)19-11-14-6-7-17-12-18-9-8-16(17)10-14/h6-10,12-13,15,19H,4-5,11H2,1-3H3. The second kappa shape index (κ2) is 6.67. The van der Waals surface area contributed by atoms with E-state index in [0.717, 1.165) is 12.5 Å². The Bertz CT molecular complexity index is 517. The van der Waals surface area contributed by atoms with Gasteiger partial charge in [-0.2, -0.15) is 0 Å². The van der Waals surface area contributed by atoms with Crippen LogP contribution in [0.3, 0.4) is 0 Å². The number of hydrogen-bond donors (Lipinski definition) is 1. The van der Waals surface area contributed by atoms with Gasteiger partial charge in [0.25, 0.3) is 0 Å². The van der Waals surface area contributed by atoms with Crippen LogP contribution in [0.4, 0.5) is 0 Å². The van der Waals surface area contributed by atoms with Crippen LogP contribution in [0, 0.1) is 5.92 Å². The van der Waals surface area contributed by atoms with Crippen molar-refractivity contribution >= 4 is 10.8 Å². The third-order valence-electron chi connectivity index (χ3n) is 4.09. The van der Waals surface area contributed by atoms with Crippen LogP contribution in [-0.4, -0.2) is 11.0 Å². The molecule has 0 saturated carbocycles. The highest BCUT2D eigenvalue weighted by atomic mass is 14.9. The van der Waals surface area contributed by atoms with Crippen molar-refractivity contribution in [2.75, 3.05) is 0 Å². The fourth-order valence-corrected chi connectivity index (χ4v) is 2.68. The summed E-state index contributed by atoms with van der Waals surface area (Å²) >= 11 is 0. The molecular weight excluding hydrogens is 232 g/mol. The van der Waals surface area contributed by atoms with Gasteiger partial charge in [0.1, 0.15) is 0 Å². The van der Waals surface area contributed by atoms with Crippen molar-refractivity contribution < 1.29 is 0 Å². The zero-order chi connectivity index (χ0) is 13.7. The van der Waals surface area contributed by atoms with E-state index in [1.165, 1.54) is 29.2 Å². The van der Waals surface area contributed by atoms with Gasteiger partial charge in [-0.05, 0) is 35.9 Å². The number of nitrogens with zero attached hydrogens (tertiary/aromatic N) is 1. The van der Waals surface area contributed by atoms with Crippen LogP contribution in [-0.2, 0) is 6.54 Å². The molecule has 2 heteroatoms. The summed E-state index contributed by atoms with van der Waals surface area (Å²) in [6.07, 6.45) is 6.26. The monoisotopic (exact) mass is 256 g/mol. The highest BCUT2D eigenvalue weighted by molar-refractivity contribution is 5.81. The lowest BCUT2D eigenvalue weighted by molar-refractivity contribution is 0.353. The summed E-state index contributed by atoms with van der Waals surface area (Å²) in [5, 5.41) is 6.13. The Balaban J connectivity index is 2.01. The average Bonchev–Trinajstić information content (AvgIpc) is 2.46. The fraction of sp³-hybridized carbons (Fsp3) is 0.471. The van der Waals surface area contributed by atoms with E-state index in [2.05, 4.69) is 55.3 Å². The van der Waals surface area contributed by atoms with Gasteiger partial charge in [-0.1, -0.05) is 38.8 Å². The molecule has 1 heterocycles. The average molecular weight is 256 g/mol. The van der Waals surface area contributed by atoms with Gasteiger partial charge in [0.05, 0.1) is 0 Å². The molecule has 1 N–H and O–H groups in total. The Morgan fingerprint density at radius 3 is 2.63 bits per heavy atom. The maximum atomic E-state index is 4.15. The van der Waals surface area contributed by atoms with Crippen LogP contribution in [0.2, 0.25) is 0 Å². The van der Waals surface area contributed by atoms with Crippen molar-refractivity contribution in [2.24, 2.45) is 5.92 Å². The maximum absolute atomic E-state index is 4.15. The van der Waals surface area contributed by atoms with Crippen molar-refractivity contribution in [3.05, 3.63) is 42.2 Å². The first-order valence-corrected chi connectivity index (χ1v) is 7.30. The lowest BCUT2D eigenvalue weighted by atomic mass is 9.95. The molecule has 0 aliphatic rings. The summed E-state index contributed by atoms with van der Waals surface area (Å²) in [6.45, 7) is 7.78. The molecule has 2 nitrogen and oxygen atoms in total. The van der Waals surface area contributed by atoms with Gasteiger partial charge in [0.15, 0.2) is 0 Å². The Hall–Kier alpha value is -1.41. The van der Waals surface area contributed by atoms with Gasteiger partial charge in [-0.15, -0.1) is 0 Å². The molecule has 19 heavy (non-hydrogen) atoms. The van der Waals surface area contributed by atoms with E-state index in [4.69, 9.17) is 0 Å². The van der Waals surface area contributed by atoms with E-state index in [0.29, 0.717) is 6.04 Å². The predicted octanol–water partition coefficient (Wildman–Crippen LogP) is 4.15. The van der Waals surface area contributed by atoms with Crippen molar-refractivity contribution in [1.29, 1.82) is 0 Å². The van der Waals surface area contributed by atoms with Crippen LogP contribution in [0.15, 0.2) is 36.7 Å². The molecule has 1 aromatic heterocycles. The molecule has 0 bridgehead atoms. The second-order valence-corrected chi connectivity index (χ2v) is 5.30. The minimum Gasteiger partial charge on any atom is -0.310 e. The highest BCUT2D eigenvalue weighted by Crippen LogP contribution is 2.16. The lowest BCUT2D eigenvalue weighted by Gasteiger charge is -2.22. The molecular formula is C17H24N2. The molecule has 0 saturated heterocycles. The number of nitrogens with one attached hydrogen (secondary N) is 1. The van der Waals surface area contributed by atoms with Crippen LogP contribution in [0.5, 0.6) is 0 Å². The van der Waals surface area contributed by atoms with E-state index in [9.17, 15) is 0 Å². The number of fused-ring (bicyclic) bond motifs is 1. The summed E-state index contributed by atoms with van der Waals surface area (Å²) in [5.74, 6) is 0.768. The number of rotatable bonds is 6. The molecule has 0 aliphatic carbocycles. The Morgan fingerprint density at radius 2 is 1.89 bits per heavy atom. The second-order valence-electron chi connectivity index (χ2n) is 5.30. The lowest BCUT2D eigenvalue weighted by Crippen LogP contribution is -2.32. The summed E-state index contributed by atoms with van der Waals surface area (Å²) in [5.41, 5.74) is 1.34. The fourth-order valence-electron chi connectivity index (χ4n) is 2.68. The van der Waals surface area contributed by atoms with Crippen molar-refractivity contribution in [3.63, 3.8) is 0 Å². The number of pyridine rings is 1. The minimum absolute atomic E-state index is 0.572. The third-order valence-corrected chi connectivity index (χ3v) is 4.09. The van der Waals surface area contributed by atoms with Gasteiger partial charge >= 0.3 is 0 Å². The molecule has 102 valence electrons. The Labute approximate surface area is 116 Å². The maximum Gasteiger partial charge on any atom is 0.0346 e. The van der Waals surface area contributed by atoms with Gasteiger partial charge in [0.2, 0.25) is 0 Å². The van der Waals surface area contributed by atoms with Crippen molar-refractivity contribution in [1.82, 2.24) is 10.3 Å². The molecule has 2 rings (SSSR count). The van der Waals surface area contributed by atoms with Gasteiger partial charge in [-0.25, -0.2) is 0 Å². The molecule has 0 fully saturated rings. The largest absolute Gasteiger partial charge is 0.310 e. The highest BCUT2D eigenvalue weighted by Gasteiger charge is 2.12. The number of benzene rings is 1. The van der Waals surface area contributed by atoms with E-state index in [1.807, 2.05) is 12.4 Å². The first-order valence-electron chi connectivity index (χ1n) is 7.30. The van der Waals surface area contributed by atoms with Crippen molar-refractivity contribution in [2.45, 2.75) is 46.2 Å². The quantitative estimate of drug-likeness (QED) is 0.840. The minimum atomic E-state index is 0.572. The molecule has 0 spiro atoms. The van der Waals surface area contributed by atoms with Crippen LogP contribution in [0.1, 0.15) is 39.2 Å². The smallest absolute Gasteiger partial charge is 0.0346 e. The van der Waals surface area contributed by atoms with Gasteiger partial charge < -0.3 is 5.32 Å². The normalized spacial score (nSPS) is 13.1. The number of aromatic nitrogens is 1. The Morgan fingerprint density at radius 1 is 1.11 bits per heavy atom. The van der Waals surface area contributed by atoms with E-state index in [-0.39, 0.29) is 0 Å². The SMILES string of the molecule is CCC(CC)C(C)NCc1ccc2cnccc2c1. The molecule has 1 aromatic carbocycles. The first-order chi connectivity index (χ1) is 9.24. The molecule has 1 atom stereocenters. The zero-order valence-electron chi connectivity index (χ0n) is 12.2. The Kier molecular flexibility index (Phi) is 4.92. The van der Waals surface area contributed by atoms with Gasteiger partial charge in [-0.3, -0.25) is 4.98 Å². The molecule has 0 amide bonds. The predicted molar refractivity (Wildman–Crippen MR) is 82.1 cm³/mol. The zero-order valence-corrected chi connectivity index (χ0v) is 12.2. The summed E-state index contributed by atoms with van der Waals surface area (Å²) in [7, 11) is 0. The van der Waals surface area contributed by atoms with Crippen LogP contribution < -0.4 is 5.32 Å².